The third-order valence-electron chi connectivity index (χ3n) is 4.53. The van der Waals surface area contributed by atoms with E-state index in [1.54, 1.807) is 24.8 Å². The summed E-state index contributed by atoms with van der Waals surface area (Å²) in [6.45, 7) is 15.7. The van der Waals surface area contributed by atoms with Crippen molar-refractivity contribution in [2.75, 3.05) is 6.61 Å². The predicted octanol–water partition coefficient (Wildman–Crippen LogP) is 3.31. The van der Waals surface area contributed by atoms with Gasteiger partial charge in [-0.25, -0.2) is 4.79 Å². The van der Waals surface area contributed by atoms with Crippen LogP contribution in [-0.4, -0.2) is 35.2 Å². The second-order valence-electron chi connectivity index (χ2n) is 7.22. The maximum Gasteiger partial charge on any atom is 0.326 e. The number of nitrogens with one attached hydrogen (secondary N) is 1. The zero-order valence-corrected chi connectivity index (χ0v) is 14.7. The summed E-state index contributed by atoms with van der Waals surface area (Å²) < 4.78 is 5.76. The van der Waals surface area contributed by atoms with Gasteiger partial charge in [-0.2, -0.15) is 0 Å². The highest BCUT2D eigenvalue weighted by molar-refractivity contribution is 5.97. The average Bonchev–Trinajstić information content (AvgIpc) is 2.73. The maximum absolute atomic E-state index is 12.6. The third kappa shape index (κ3) is 3.88. The molecule has 0 aromatic carbocycles. The first-order valence-electron chi connectivity index (χ1n) is 7.96. The highest BCUT2D eigenvalue weighted by Gasteiger charge is 2.46. The zero-order chi connectivity index (χ0) is 17.1. The minimum absolute atomic E-state index is 0.0182. The number of hydrogen-bond donors (Lipinski definition) is 1. The van der Waals surface area contributed by atoms with Crippen molar-refractivity contribution in [3.8, 4) is 0 Å². The maximum atomic E-state index is 12.6. The fourth-order valence-electron chi connectivity index (χ4n) is 2.70. The Kier molecular flexibility index (Phi) is 5.79. The smallest absolute Gasteiger partial charge is 0.326 e. The van der Waals surface area contributed by atoms with E-state index >= 15 is 0 Å². The molecule has 1 heterocycles. The summed E-state index contributed by atoms with van der Waals surface area (Å²) >= 11 is 0. The predicted molar refractivity (Wildman–Crippen MR) is 87.2 cm³/mol. The van der Waals surface area contributed by atoms with Gasteiger partial charge in [-0.15, -0.1) is 6.58 Å². The molecule has 0 saturated carbocycles. The molecule has 0 aliphatic carbocycles. The SMILES string of the molecule is C=CCC(C)(C)C(=O)NC(=O)N1[C@@H](C(C)CC)COC1(C)C. The van der Waals surface area contributed by atoms with E-state index in [0.29, 0.717) is 18.9 Å². The van der Waals surface area contributed by atoms with E-state index < -0.39 is 11.1 Å². The molecule has 0 aromatic heterocycles. The largest absolute Gasteiger partial charge is 0.354 e. The Morgan fingerprint density at radius 3 is 2.59 bits per heavy atom. The van der Waals surface area contributed by atoms with Crippen molar-refractivity contribution in [1.82, 2.24) is 10.2 Å². The molecule has 0 bridgehead atoms. The first kappa shape index (κ1) is 18.7. The molecule has 126 valence electrons. The van der Waals surface area contributed by atoms with Gasteiger partial charge in [0.2, 0.25) is 5.91 Å². The van der Waals surface area contributed by atoms with Crippen LogP contribution in [0.25, 0.3) is 0 Å². The van der Waals surface area contributed by atoms with Crippen molar-refractivity contribution >= 4 is 11.9 Å². The lowest BCUT2D eigenvalue weighted by Gasteiger charge is -2.36. The van der Waals surface area contributed by atoms with E-state index in [9.17, 15) is 9.59 Å². The molecule has 0 radical (unpaired) electrons. The van der Waals surface area contributed by atoms with Gasteiger partial charge in [0.15, 0.2) is 0 Å². The van der Waals surface area contributed by atoms with Crippen molar-refractivity contribution in [1.29, 1.82) is 0 Å². The number of rotatable bonds is 5. The molecule has 1 unspecified atom stereocenters. The summed E-state index contributed by atoms with van der Waals surface area (Å²) in [5, 5.41) is 2.53. The van der Waals surface area contributed by atoms with E-state index in [-0.39, 0.29) is 18.0 Å². The van der Waals surface area contributed by atoms with Gasteiger partial charge >= 0.3 is 6.03 Å². The van der Waals surface area contributed by atoms with Crippen molar-refractivity contribution in [2.24, 2.45) is 11.3 Å². The Hall–Kier alpha value is -1.36. The first-order valence-corrected chi connectivity index (χ1v) is 7.96. The Morgan fingerprint density at radius 1 is 1.50 bits per heavy atom. The highest BCUT2D eigenvalue weighted by atomic mass is 16.5. The van der Waals surface area contributed by atoms with Crippen molar-refractivity contribution in [2.45, 2.75) is 66.2 Å². The van der Waals surface area contributed by atoms with Gasteiger partial charge in [0.05, 0.1) is 12.6 Å². The summed E-state index contributed by atoms with van der Waals surface area (Å²) in [5.74, 6) is 0.0202. The zero-order valence-electron chi connectivity index (χ0n) is 14.7. The van der Waals surface area contributed by atoms with Crippen molar-refractivity contribution in [3.05, 3.63) is 12.7 Å². The van der Waals surface area contributed by atoms with Crippen LogP contribution in [0, 0.1) is 11.3 Å². The van der Waals surface area contributed by atoms with Gasteiger partial charge in [-0.05, 0) is 26.2 Å². The highest BCUT2D eigenvalue weighted by Crippen LogP contribution is 2.32. The molecule has 1 saturated heterocycles. The van der Waals surface area contributed by atoms with Crippen LogP contribution >= 0.6 is 0 Å². The number of nitrogens with zero attached hydrogens (tertiary/aromatic N) is 1. The molecule has 1 fully saturated rings. The van der Waals surface area contributed by atoms with Gasteiger partial charge in [-0.3, -0.25) is 15.0 Å². The number of hydrogen-bond acceptors (Lipinski definition) is 3. The number of carbonyl (C=O) groups excluding carboxylic acids is 2. The van der Waals surface area contributed by atoms with E-state index in [1.165, 1.54) is 0 Å². The van der Waals surface area contributed by atoms with Crippen molar-refractivity contribution in [3.63, 3.8) is 0 Å². The molecule has 1 aliphatic rings. The quantitative estimate of drug-likeness (QED) is 0.793. The number of imide groups is 1. The molecule has 22 heavy (non-hydrogen) atoms. The third-order valence-corrected chi connectivity index (χ3v) is 4.53. The van der Waals surface area contributed by atoms with Crippen LogP contribution in [0.5, 0.6) is 0 Å². The Morgan fingerprint density at radius 2 is 2.09 bits per heavy atom. The monoisotopic (exact) mass is 310 g/mol. The lowest BCUT2D eigenvalue weighted by molar-refractivity contribution is -0.128. The molecule has 5 heteroatoms. The molecule has 3 amide bonds. The second-order valence-corrected chi connectivity index (χ2v) is 7.22. The fraction of sp³-hybridized carbons (Fsp3) is 0.765. The van der Waals surface area contributed by atoms with Crippen LogP contribution in [0.3, 0.4) is 0 Å². The van der Waals surface area contributed by atoms with Crippen LogP contribution in [0.4, 0.5) is 4.79 Å². The van der Waals surface area contributed by atoms with E-state index in [0.717, 1.165) is 6.42 Å². The second kappa shape index (κ2) is 6.82. The molecule has 1 aliphatic heterocycles. The molecule has 1 rings (SSSR count). The summed E-state index contributed by atoms with van der Waals surface area (Å²) in [4.78, 5) is 26.6. The number of urea groups is 1. The fourth-order valence-corrected chi connectivity index (χ4v) is 2.70. The lowest BCUT2D eigenvalue weighted by atomic mass is 9.88. The molecular formula is C17H30N2O3. The minimum Gasteiger partial charge on any atom is -0.354 e. The topological polar surface area (TPSA) is 58.6 Å². The number of allylic oxidation sites excluding steroid dienone is 1. The first-order chi connectivity index (χ1) is 10.1. The molecule has 0 aromatic rings. The van der Waals surface area contributed by atoms with Gasteiger partial charge in [0.25, 0.3) is 0 Å². The number of amides is 3. The number of ether oxygens (including phenoxy) is 1. The molecule has 0 spiro atoms. The summed E-state index contributed by atoms with van der Waals surface area (Å²) in [6.07, 6.45) is 3.15. The Bertz CT molecular complexity index is 443. The van der Waals surface area contributed by atoms with Crippen LogP contribution in [0.1, 0.15) is 54.4 Å². The minimum atomic E-state index is -0.707. The van der Waals surface area contributed by atoms with E-state index in [2.05, 4.69) is 25.7 Å². The molecular weight excluding hydrogens is 280 g/mol. The van der Waals surface area contributed by atoms with Crippen LogP contribution in [0.2, 0.25) is 0 Å². The molecule has 5 nitrogen and oxygen atoms in total. The van der Waals surface area contributed by atoms with Crippen molar-refractivity contribution < 1.29 is 14.3 Å². The van der Waals surface area contributed by atoms with E-state index in [4.69, 9.17) is 4.74 Å². The van der Waals surface area contributed by atoms with Crippen LogP contribution in [-0.2, 0) is 9.53 Å². The lowest BCUT2D eigenvalue weighted by Crippen LogP contribution is -2.56. The van der Waals surface area contributed by atoms with Gasteiger partial charge in [0, 0.05) is 5.41 Å². The summed E-state index contributed by atoms with van der Waals surface area (Å²) in [7, 11) is 0. The molecule has 2 atom stereocenters. The van der Waals surface area contributed by atoms with Crippen LogP contribution < -0.4 is 5.32 Å². The summed E-state index contributed by atoms with van der Waals surface area (Å²) in [5.41, 5.74) is -1.37. The Balaban J connectivity index is 2.89. The van der Waals surface area contributed by atoms with Gasteiger partial charge in [0.1, 0.15) is 5.72 Å². The Labute approximate surface area is 134 Å². The van der Waals surface area contributed by atoms with Crippen LogP contribution in [0.15, 0.2) is 12.7 Å². The summed E-state index contributed by atoms with van der Waals surface area (Å²) in [6, 6.07) is -0.398. The standard InChI is InChI=1S/C17H30N2O3/c1-8-10-16(4,5)14(20)18-15(21)19-13(12(3)9-2)11-22-17(19,6)7/h8,12-13H,1,9-11H2,2-7H3,(H,18,20,21)/t12?,13-/m1/s1. The molecule has 1 N–H and O–H groups in total. The van der Waals surface area contributed by atoms with E-state index in [1.807, 2.05) is 13.8 Å². The van der Waals surface area contributed by atoms with Gasteiger partial charge in [-0.1, -0.05) is 40.2 Å². The number of carbonyl (C=O) groups is 2. The normalized spacial score (nSPS) is 22.3. The van der Waals surface area contributed by atoms with Gasteiger partial charge < -0.3 is 4.74 Å². The average molecular weight is 310 g/mol.